The maximum absolute atomic E-state index is 12.1. The minimum Gasteiger partial charge on any atom is -0.493 e. The Morgan fingerprint density at radius 3 is 2.86 bits per heavy atom. The zero-order valence-corrected chi connectivity index (χ0v) is 11.7. The molecule has 0 aliphatic carbocycles. The van der Waals surface area contributed by atoms with Crippen LogP contribution in [0.25, 0.3) is 0 Å². The van der Waals surface area contributed by atoms with Crippen molar-refractivity contribution in [3.63, 3.8) is 0 Å². The number of anilines is 1. The summed E-state index contributed by atoms with van der Waals surface area (Å²) in [4.78, 5) is 12.1. The smallest absolute Gasteiger partial charge is 0.241 e. The van der Waals surface area contributed by atoms with Crippen LogP contribution >= 0.6 is 0 Å². The fourth-order valence-corrected chi connectivity index (χ4v) is 2.46. The second-order valence-corrected chi connectivity index (χ2v) is 5.21. The van der Waals surface area contributed by atoms with Crippen molar-refractivity contribution >= 4 is 11.6 Å². The van der Waals surface area contributed by atoms with E-state index in [9.17, 15) is 4.79 Å². The minimum atomic E-state index is -0.558. The summed E-state index contributed by atoms with van der Waals surface area (Å²) in [6, 6.07) is 14.9. The van der Waals surface area contributed by atoms with E-state index >= 15 is 0 Å². The van der Waals surface area contributed by atoms with Crippen LogP contribution < -0.4 is 15.8 Å². The first-order chi connectivity index (χ1) is 10.2. The fraction of sp³-hybridized carbons (Fsp3) is 0.235. The second-order valence-electron chi connectivity index (χ2n) is 5.21. The highest BCUT2D eigenvalue weighted by molar-refractivity contribution is 5.95. The van der Waals surface area contributed by atoms with Gasteiger partial charge in [-0.15, -0.1) is 0 Å². The molecule has 1 atom stereocenters. The average Bonchev–Trinajstić information content (AvgIpc) is 2.95. The number of hydrogen-bond donors (Lipinski definition) is 2. The molecule has 2 aromatic carbocycles. The quantitative estimate of drug-likeness (QED) is 0.903. The fourth-order valence-electron chi connectivity index (χ4n) is 2.46. The van der Waals surface area contributed by atoms with Crippen LogP contribution in [0.15, 0.2) is 48.5 Å². The second kappa shape index (κ2) is 5.97. The van der Waals surface area contributed by atoms with E-state index in [0.29, 0.717) is 13.0 Å². The maximum atomic E-state index is 12.1. The molecule has 21 heavy (non-hydrogen) atoms. The van der Waals surface area contributed by atoms with Crippen LogP contribution in [0.3, 0.4) is 0 Å². The molecule has 0 saturated heterocycles. The van der Waals surface area contributed by atoms with E-state index in [4.69, 9.17) is 10.5 Å². The molecule has 0 fully saturated rings. The van der Waals surface area contributed by atoms with E-state index in [-0.39, 0.29) is 5.91 Å². The summed E-state index contributed by atoms with van der Waals surface area (Å²) in [6.07, 6.45) is 1.41. The van der Waals surface area contributed by atoms with Crippen LogP contribution in [0.4, 0.5) is 5.69 Å². The summed E-state index contributed by atoms with van der Waals surface area (Å²) >= 11 is 0. The monoisotopic (exact) mass is 282 g/mol. The van der Waals surface area contributed by atoms with Crippen molar-refractivity contribution in [2.45, 2.75) is 18.9 Å². The molecule has 0 bridgehead atoms. The summed E-state index contributed by atoms with van der Waals surface area (Å²) in [7, 11) is 0. The molecule has 2 aromatic rings. The van der Waals surface area contributed by atoms with E-state index in [1.165, 1.54) is 0 Å². The van der Waals surface area contributed by atoms with Gasteiger partial charge in [0.05, 0.1) is 12.6 Å². The molecular weight excluding hydrogens is 264 g/mol. The summed E-state index contributed by atoms with van der Waals surface area (Å²) in [6.45, 7) is 0.709. The number of rotatable bonds is 4. The predicted octanol–water partition coefficient (Wildman–Crippen LogP) is 2.13. The molecule has 1 aliphatic heterocycles. The number of benzene rings is 2. The third-order valence-electron chi connectivity index (χ3n) is 3.59. The lowest BCUT2D eigenvalue weighted by atomic mass is 10.1. The molecule has 1 heterocycles. The van der Waals surface area contributed by atoms with Gasteiger partial charge in [-0.2, -0.15) is 0 Å². The van der Waals surface area contributed by atoms with Crippen molar-refractivity contribution in [1.82, 2.24) is 0 Å². The van der Waals surface area contributed by atoms with E-state index in [1.807, 2.05) is 48.5 Å². The Kier molecular flexibility index (Phi) is 3.88. The largest absolute Gasteiger partial charge is 0.493 e. The first-order valence-electron chi connectivity index (χ1n) is 7.08. The van der Waals surface area contributed by atoms with Crippen molar-refractivity contribution < 1.29 is 9.53 Å². The van der Waals surface area contributed by atoms with Crippen LogP contribution in [0.1, 0.15) is 11.1 Å². The number of carbonyl (C=O) groups excluding carboxylic acids is 1. The van der Waals surface area contributed by atoms with E-state index < -0.39 is 6.04 Å². The lowest BCUT2D eigenvalue weighted by Gasteiger charge is -2.13. The van der Waals surface area contributed by atoms with Gasteiger partial charge in [-0.3, -0.25) is 4.79 Å². The Morgan fingerprint density at radius 2 is 2.05 bits per heavy atom. The molecule has 0 radical (unpaired) electrons. The molecule has 4 heteroatoms. The van der Waals surface area contributed by atoms with E-state index in [2.05, 4.69) is 5.32 Å². The number of hydrogen-bond acceptors (Lipinski definition) is 3. The van der Waals surface area contributed by atoms with Crippen LogP contribution in [0, 0.1) is 0 Å². The first kappa shape index (κ1) is 13.6. The zero-order chi connectivity index (χ0) is 14.7. The highest BCUT2D eigenvalue weighted by Crippen LogP contribution is 2.27. The zero-order valence-electron chi connectivity index (χ0n) is 11.7. The Balaban J connectivity index is 1.63. The van der Waals surface area contributed by atoms with Crippen molar-refractivity contribution in [1.29, 1.82) is 0 Å². The molecule has 108 valence electrons. The van der Waals surface area contributed by atoms with E-state index in [0.717, 1.165) is 29.0 Å². The number of nitrogens with one attached hydrogen (secondary N) is 1. The molecular formula is C17H18N2O2. The Bertz CT molecular complexity index is 640. The van der Waals surface area contributed by atoms with Gasteiger partial charge in [-0.25, -0.2) is 0 Å². The van der Waals surface area contributed by atoms with Gasteiger partial charge in [0.15, 0.2) is 0 Å². The molecule has 4 nitrogen and oxygen atoms in total. The van der Waals surface area contributed by atoms with Gasteiger partial charge < -0.3 is 15.8 Å². The Hall–Kier alpha value is -2.33. The van der Waals surface area contributed by atoms with Gasteiger partial charge in [0.1, 0.15) is 5.75 Å². The number of fused-ring (bicyclic) bond motifs is 1. The highest BCUT2D eigenvalue weighted by atomic mass is 16.5. The minimum absolute atomic E-state index is 0.169. The molecule has 0 spiro atoms. The molecule has 1 amide bonds. The Morgan fingerprint density at radius 1 is 1.24 bits per heavy atom. The van der Waals surface area contributed by atoms with Gasteiger partial charge in [0, 0.05) is 12.1 Å². The number of carbonyl (C=O) groups is 1. The number of amides is 1. The van der Waals surface area contributed by atoms with Gasteiger partial charge in [-0.1, -0.05) is 30.3 Å². The van der Waals surface area contributed by atoms with Crippen LogP contribution in [0.5, 0.6) is 5.75 Å². The third-order valence-corrected chi connectivity index (χ3v) is 3.59. The normalized spacial score (nSPS) is 14.1. The first-order valence-corrected chi connectivity index (χ1v) is 7.08. The lowest BCUT2D eigenvalue weighted by Crippen LogP contribution is -2.37. The molecule has 1 aliphatic rings. The summed E-state index contributed by atoms with van der Waals surface area (Å²) in [5.74, 6) is 0.735. The summed E-state index contributed by atoms with van der Waals surface area (Å²) in [5, 5.41) is 2.87. The van der Waals surface area contributed by atoms with Gasteiger partial charge in [-0.05, 0) is 35.7 Å². The summed E-state index contributed by atoms with van der Waals surface area (Å²) in [5.41, 5.74) is 8.93. The molecule has 3 N–H and O–H groups in total. The van der Waals surface area contributed by atoms with Gasteiger partial charge >= 0.3 is 0 Å². The predicted molar refractivity (Wildman–Crippen MR) is 82.4 cm³/mol. The SMILES string of the molecule is N[C@@H](Cc1ccccc1)C(=O)Nc1ccc2c(c1)CCO2. The van der Waals surface area contributed by atoms with Crippen LogP contribution in [0.2, 0.25) is 0 Å². The summed E-state index contributed by atoms with van der Waals surface area (Å²) < 4.78 is 5.45. The molecule has 3 rings (SSSR count). The third kappa shape index (κ3) is 3.23. The topological polar surface area (TPSA) is 64.4 Å². The van der Waals surface area contributed by atoms with Crippen molar-refractivity contribution in [2.75, 3.05) is 11.9 Å². The molecule has 0 saturated carbocycles. The number of ether oxygens (including phenoxy) is 1. The number of nitrogens with two attached hydrogens (primary N) is 1. The lowest BCUT2D eigenvalue weighted by molar-refractivity contribution is -0.117. The van der Waals surface area contributed by atoms with Crippen LogP contribution in [-0.2, 0) is 17.6 Å². The molecule has 0 aromatic heterocycles. The van der Waals surface area contributed by atoms with Gasteiger partial charge in [0.2, 0.25) is 5.91 Å². The van der Waals surface area contributed by atoms with Crippen LogP contribution in [-0.4, -0.2) is 18.6 Å². The highest BCUT2D eigenvalue weighted by Gasteiger charge is 2.16. The van der Waals surface area contributed by atoms with Crippen molar-refractivity contribution in [3.05, 3.63) is 59.7 Å². The van der Waals surface area contributed by atoms with Crippen molar-refractivity contribution in [2.24, 2.45) is 5.73 Å². The Labute approximate surface area is 123 Å². The van der Waals surface area contributed by atoms with Crippen molar-refractivity contribution in [3.8, 4) is 5.75 Å². The maximum Gasteiger partial charge on any atom is 0.241 e. The standard InChI is InChI=1S/C17H18N2O2/c18-15(10-12-4-2-1-3-5-12)17(20)19-14-6-7-16-13(11-14)8-9-21-16/h1-7,11,15H,8-10,18H2,(H,19,20)/t15-/m0/s1. The molecule has 0 unspecified atom stereocenters. The van der Waals surface area contributed by atoms with E-state index in [1.54, 1.807) is 0 Å². The average molecular weight is 282 g/mol. The van der Waals surface area contributed by atoms with Gasteiger partial charge in [0.25, 0.3) is 0 Å².